The Morgan fingerprint density at radius 2 is 2.12 bits per heavy atom. The molecule has 1 unspecified atom stereocenters. The standard InChI is InChI=1S/C13H17NO2/c15-9-8-14-7-1-2-13(14)12-5-3-11(10-16)4-6-12/h3-6,9,13,16H,1-2,7-8,10H2. The van der Waals surface area contributed by atoms with E-state index in [-0.39, 0.29) is 6.61 Å². The molecule has 1 fully saturated rings. The maximum Gasteiger partial charge on any atom is 0.134 e. The molecule has 0 radical (unpaired) electrons. The molecule has 1 aromatic carbocycles. The molecule has 1 aromatic rings. The number of nitrogens with zero attached hydrogens (tertiary/aromatic N) is 1. The lowest BCUT2D eigenvalue weighted by Gasteiger charge is -2.22. The molecule has 1 N–H and O–H groups in total. The second-order valence-corrected chi connectivity index (χ2v) is 4.22. The Kier molecular flexibility index (Phi) is 3.70. The average molecular weight is 219 g/mol. The molecular weight excluding hydrogens is 202 g/mol. The number of carbonyl (C=O) groups excluding carboxylic acids is 1. The molecule has 1 atom stereocenters. The summed E-state index contributed by atoms with van der Waals surface area (Å²) in [5, 5.41) is 8.97. The van der Waals surface area contributed by atoms with Gasteiger partial charge in [0.15, 0.2) is 0 Å². The molecule has 86 valence electrons. The van der Waals surface area contributed by atoms with E-state index in [4.69, 9.17) is 5.11 Å². The van der Waals surface area contributed by atoms with Crippen LogP contribution in [0.5, 0.6) is 0 Å². The SMILES string of the molecule is O=CCN1CCCC1c1ccc(CO)cc1. The fourth-order valence-electron chi connectivity index (χ4n) is 2.36. The van der Waals surface area contributed by atoms with Crippen LogP contribution < -0.4 is 0 Å². The summed E-state index contributed by atoms with van der Waals surface area (Å²) in [6.45, 7) is 1.61. The summed E-state index contributed by atoms with van der Waals surface area (Å²) >= 11 is 0. The van der Waals surface area contributed by atoms with Gasteiger partial charge in [0.05, 0.1) is 13.2 Å². The van der Waals surface area contributed by atoms with E-state index in [1.54, 1.807) is 0 Å². The van der Waals surface area contributed by atoms with E-state index in [0.717, 1.165) is 31.2 Å². The van der Waals surface area contributed by atoms with Gasteiger partial charge in [0.1, 0.15) is 6.29 Å². The molecule has 3 nitrogen and oxygen atoms in total. The Balaban J connectivity index is 2.12. The molecule has 1 saturated heterocycles. The van der Waals surface area contributed by atoms with Crippen LogP contribution in [0.15, 0.2) is 24.3 Å². The van der Waals surface area contributed by atoms with E-state index >= 15 is 0 Å². The van der Waals surface area contributed by atoms with Gasteiger partial charge in [-0.1, -0.05) is 24.3 Å². The fourth-order valence-corrected chi connectivity index (χ4v) is 2.36. The first-order valence-corrected chi connectivity index (χ1v) is 5.72. The quantitative estimate of drug-likeness (QED) is 0.780. The van der Waals surface area contributed by atoms with Crippen molar-refractivity contribution in [1.82, 2.24) is 4.90 Å². The number of hydrogen-bond donors (Lipinski definition) is 1. The van der Waals surface area contributed by atoms with Gasteiger partial charge in [-0.25, -0.2) is 0 Å². The van der Waals surface area contributed by atoms with Gasteiger partial charge in [-0.3, -0.25) is 4.90 Å². The lowest BCUT2D eigenvalue weighted by Crippen LogP contribution is -2.25. The number of aliphatic hydroxyl groups excluding tert-OH is 1. The molecule has 0 aliphatic carbocycles. The first kappa shape index (κ1) is 11.3. The van der Waals surface area contributed by atoms with Crippen LogP contribution in [0.4, 0.5) is 0 Å². The van der Waals surface area contributed by atoms with E-state index < -0.39 is 0 Å². The average Bonchev–Trinajstić information content (AvgIpc) is 2.78. The van der Waals surface area contributed by atoms with E-state index in [9.17, 15) is 4.79 Å². The molecule has 0 bridgehead atoms. The molecule has 1 heterocycles. The van der Waals surface area contributed by atoms with Crippen LogP contribution in [0.2, 0.25) is 0 Å². The summed E-state index contributed by atoms with van der Waals surface area (Å²) in [5.74, 6) is 0. The van der Waals surface area contributed by atoms with Crippen molar-refractivity contribution in [3.05, 3.63) is 35.4 Å². The number of rotatable bonds is 4. The van der Waals surface area contributed by atoms with E-state index in [1.165, 1.54) is 5.56 Å². The first-order valence-electron chi connectivity index (χ1n) is 5.72. The highest BCUT2D eigenvalue weighted by Gasteiger charge is 2.25. The molecule has 3 heteroatoms. The van der Waals surface area contributed by atoms with Crippen molar-refractivity contribution in [2.75, 3.05) is 13.1 Å². The maximum absolute atomic E-state index is 10.6. The van der Waals surface area contributed by atoms with E-state index in [1.807, 2.05) is 12.1 Å². The van der Waals surface area contributed by atoms with Crippen molar-refractivity contribution in [3.8, 4) is 0 Å². The Bertz CT molecular complexity index is 347. The zero-order valence-electron chi connectivity index (χ0n) is 9.30. The second kappa shape index (κ2) is 5.23. The zero-order valence-corrected chi connectivity index (χ0v) is 9.30. The summed E-state index contributed by atoms with van der Waals surface area (Å²) in [4.78, 5) is 12.8. The Labute approximate surface area is 95.7 Å². The lowest BCUT2D eigenvalue weighted by atomic mass is 10.0. The van der Waals surface area contributed by atoms with E-state index in [0.29, 0.717) is 12.6 Å². The minimum absolute atomic E-state index is 0.0863. The molecule has 0 saturated carbocycles. The minimum Gasteiger partial charge on any atom is -0.392 e. The molecule has 1 aliphatic rings. The van der Waals surface area contributed by atoms with Gasteiger partial charge in [-0.15, -0.1) is 0 Å². The van der Waals surface area contributed by atoms with Gasteiger partial charge in [0.2, 0.25) is 0 Å². The van der Waals surface area contributed by atoms with Crippen LogP contribution in [0, 0.1) is 0 Å². The van der Waals surface area contributed by atoms with Crippen LogP contribution >= 0.6 is 0 Å². The molecule has 0 aromatic heterocycles. The largest absolute Gasteiger partial charge is 0.392 e. The van der Waals surface area contributed by atoms with Gasteiger partial charge in [0, 0.05) is 6.04 Å². The second-order valence-electron chi connectivity index (χ2n) is 4.22. The summed E-state index contributed by atoms with van der Waals surface area (Å²) in [5.41, 5.74) is 2.18. The van der Waals surface area contributed by atoms with Crippen LogP contribution in [0.25, 0.3) is 0 Å². The minimum atomic E-state index is 0.0863. The number of aliphatic hydroxyl groups is 1. The molecule has 16 heavy (non-hydrogen) atoms. The Morgan fingerprint density at radius 1 is 1.38 bits per heavy atom. The van der Waals surface area contributed by atoms with Crippen molar-refractivity contribution in [2.24, 2.45) is 0 Å². The molecule has 1 aliphatic heterocycles. The third-order valence-corrected chi connectivity index (χ3v) is 3.22. The number of carbonyl (C=O) groups is 1. The molecule has 2 rings (SSSR count). The number of likely N-dealkylation sites (tertiary alicyclic amines) is 1. The van der Waals surface area contributed by atoms with Crippen molar-refractivity contribution >= 4 is 6.29 Å². The Morgan fingerprint density at radius 3 is 2.75 bits per heavy atom. The van der Waals surface area contributed by atoms with Gasteiger partial charge in [0.25, 0.3) is 0 Å². The predicted molar refractivity (Wildman–Crippen MR) is 62.0 cm³/mol. The normalized spacial score (nSPS) is 21.2. The highest BCUT2D eigenvalue weighted by molar-refractivity contribution is 5.52. The van der Waals surface area contributed by atoms with Gasteiger partial charge in [-0.2, -0.15) is 0 Å². The maximum atomic E-state index is 10.6. The monoisotopic (exact) mass is 219 g/mol. The third kappa shape index (κ3) is 2.31. The van der Waals surface area contributed by atoms with Crippen molar-refractivity contribution < 1.29 is 9.90 Å². The third-order valence-electron chi connectivity index (χ3n) is 3.22. The Hall–Kier alpha value is -1.19. The van der Waals surface area contributed by atoms with Crippen LogP contribution in [-0.4, -0.2) is 29.4 Å². The van der Waals surface area contributed by atoms with Crippen LogP contribution in [-0.2, 0) is 11.4 Å². The topological polar surface area (TPSA) is 40.5 Å². The van der Waals surface area contributed by atoms with Crippen molar-refractivity contribution in [1.29, 1.82) is 0 Å². The number of hydrogen-bond acceptors (Lipinski definition) is 3. The van der Waals surface area contributed by atoms with Gasteiger partial charge < -0.3 is 9.90 Å². The van der Waals surface area contributed by atoms with Gasteiger partial charge in [-0.05, 0) is 30.5 Å². The van der Waals surface area contributed by atoms with E-state index in [2.05, 4.69) is 17.0 Å². The molecular formula is C13H17NO2. The summed E-state index contributed by atoms with van der Waals surface area (Å²) in [7, 11) is 0. The lowest BCUT2D eigenvalue weighted by molar-refractivity contribution is -0.109. The first-order chi connectivity index (χ1) is 7.85. The van der Waals surface area contributed by atoms with Crippen molar-refractivity contribution in [3.63, 3.8) is 0 Å². The smallest absolute Gasteiger partial charge is 0.134 e. The van der Waals surface area contributed by atoms with Crippen LogP contribution in [0.3, 0.4) is 0 Å². The van der Waals surface area contributed by atoms with Crippen molar-refractivity contribution in [2.45, 2.75) is 25.5 Å². The highest BCUT2D eigenvalue weighted by Crippen LogP contribution is 2.31. The summed E-state index contributed by atoms with van der Waals surface area (Å²) in [6.07, 6.45) is 3.24. The predicted octanol–water partition coefficient (Wildman–Crippen LogP) is 1.51. The highest BCUT2D eigenvalue weighted by atomic mass is 16.3. The van der Waals surface area contributed by atoms with Crippen LogP contribution in [0.1, 0.15) is 30.0 Å². The van der Waals surface area contributed by atoms with Gasteiger partial charge >= 0.3 is 0 Å². The summed E-state index contributed by atoms with van der Waals surface area (Å²) in [6, 6.07) is 8.39. The number of benzene rings is 1. The molecule has 0 amide bonds. The zero-order chi connectivity index (χ0) is 11.4. The fraction of sp³-hybridized carbons (Fsp3) is 0.462. The molecule has 0 spiro atoms. The number of aldehydes is 1. The summed E-state index contributed by atoms with van der Waals surface area (Å²) < 4.78 is 0.